The van der Waals surface area contributed by atoms with Crippen molar-refractivity contribution in [2.75, 3.05) is 44.1 Å². The van der Waals surface area contributed by atoms with Gasteiger partial charge in [-0.05, 0) is 24.1 Å². The first-order valence-corrected chi connectivity index (χ1v) is 11.4. The van der Waals surface area contributed by atoms with Gasteiger partial charge in [0.25, 0.3) is 0 Å². The van der Waals surface area contributed by atoms with E-state index in [0.717, 1.165) is 23.3 Å². The number of halogens is 1. The van der Waals surface area contributed by atoms with Crippen molar-refractivity contribution >= 4 is 34.7 Å². The maximum absolute atomic E-state index is 13.5. The Morgan fingerprint density at radius 2 is 2.06 bits per heavy atom. The molecule has 5 rings (SSSR count). The molecule has 1 saturated heterocycles. The molecule has 0 radical (unpaired) electrons. The van der Waals surface area contributed by atoms with Gasteiger partial charge in [0.15, 0.2) is 5.78 Å². The van der Waals surface area contributed by atoms with Crippen LogP contribution in [0.5, 0.6) is 0 Å². The molecule has 0 saturated carbocycles. The summed E-state index contributed by atoms with van der Waals surface area (Å²) in [5.41, 5.74) is 7.30. The molecule has 3 aliphatic rings. The van der Waals surface area contributed by atoms with E-state index in [1.54, 1.807) is 11.1 Å². The minimum Gasteiger partial charge on any atom is -0.497 e. The van der Waals surface area contributed by atoms with E-state index in [1.807, 2.05) is 24.3 Å². The summed E-state index contributed by atoms with van der Waals surface area (Å²) in [6.45, 7) is 2.82. The molecule has 0 atom stereocenters. The van der Waals surface area contributed by atoms with Crippen molar-refractivity contribution in [1.82, 2.24) is 20.6 Å². The Morgan fingerprint density at radius 3 is 2.82 bits per heavy atom. The Hall–Kier alpha value is -3.14. The summed E-state index contributed by atoms with van der Waals surface area (Å²) in [6, 6.07) is 5.02. The number of carbonyl (C=O) groups is 2. The zero-order chi connectivity index (χ0) is 22.8. The fraction of sp³-hybridized carbons (Fsp3) is 0.348. The van der Waals surface area contributed by atoms with Crippen LogP contribution in [0.4, 0.5) is 10.5 Å². The number of morpholine rings is 1. The number of hydrogen-bond acceptors (Lipinski definition) is 6. The van der Waals surface area contributed by atoms with E-state index >= 15 is 0 Å². The molecule has 0 bridgehead atoms. The number of H-pyrrole nitrogens is 1. The number of anilines is 1. The lowest BCUT2D eigenvalue weighted by atomic mass is 9.96. The van der Waals surface area contributed by atoms with E-state index in [2.05, 4.69) is 20.9 Å². The molecule has 0 unspecified atom stereocenters. The van der Waals surface area contributed by atoms with Crippen molar-refractivity contribution in [3.8, 4) is 11.3 Å². The van der Waals surface area contributed by atoms with Gasteiger partial charge in [0.05, 0.1) is 53.1 Å². The van der Waals surface area contributed by atoms with Crippen LogP contribution in [-0.4, -0.2) is 65.8 Å². The summed E-state index contributed by atoms with van der Waals surface area (Å²) in [7, 11) is 0. The summed E-state index contributed by atoms with van der Waals surface area (Å²) < 4.78 is 10.9. The average Bonchev–Trinajstić information content (AvgIpc) is 3.39. The number of benzene rings is 1. The summed E-state index contributed by atoms with van der Waals surface area (Å²) in [6.07, 6.45) is 5.28. The highest BCUT2D eigenvalue weighted by Gasteiger charge is 2.35. The van der Waals surface area contributed by atoms with Gasteiger partial charge >= 0.3 is 6.03 Å². The largest absolute Gasteiger partial charge is 0.497 e. The number of carbonyl (C=O) groups excluding carboxylic acids is 2. The second kappa shape index (κ2) is 9.38. The molecule has 172 valence electrons. The number of amides is 2. The monoisotopic (exact) mass is 469 g/mol. The van der Waals surface area contributed by atoms with Crippen molar-refractivity contribution in [1.29, 1.82) is 0 Å². The molecule has 1 aliphatic heterocycles. The van der Waals surface area contributed by atoms with Crippen LogP contribution in [0.25, 0.3) is 16.8 Å². The highest BCUT2D eigenvalue weighted by molar-refractivity contribution is 6.26. The van der Waals surface area contributed by atoms with Gasteiger partial charge in [-0.15, -0.1) is 11.6 Å². The van der Waals surface area contributed by atoms with Gasteiger partial charge in [0.2, 0.25) is 0 Å². The standard InChI is InChI=1S/C23H24ClN5O4/c24-8-11-33-15-6-4-14(5-7-15)20-19-21(27-26-20)16-2-1-3-17(18(16)22(19)30)25-23(31)28-29-9-12-32-13-10-29/h1-4,6H,5,7-13H2,(H,26,27)(H2,25,28,31). The summed E-state index contributed by atoms with van der Waals surface area (Å²) in [5.74, 6) is 1.16. The Labute approximate surface area is 195 Å². The summed E-state index contributed by atoms with van der Waals surface area (Å²) in [5, 5.41) is 12.1. The van der Waals surface area contributed by atoms with Crippen LogP contribution in [-0.2, 0) is 9.47 Å². The fourth-order valence-corrected chi connectivity index (χ4v) is 4.38. The van der Waals surface area contributed by atoms with Crippen molar-refractivity contribution in [3.05, 3.63) is 52.9 Å². The molecule has 0 spiro atoms. The number of urea groups is 1. The lowest BCUT2D eigenvalue weighted by Gasteiger charge is -2.27. The number of fused-ring (bicyclic) bond motifs is 3. The second-order valence-electron chi connectivity index (χ2n) is 7.91. The summed E-state index contributed by atoms with van der Waals surface area (Å²) in [4.78, 5) is 26.0. The van der Waals surface area contributed by atoms with Crippen molar-refractivity contribution in [2.24, 2.45) is 0 Å². The lowest BCUT2D eigenvalue weighted by molar-refractivity contribution is 0.0207. The second-order valence-corrected chi connectivity index (χ2v) is 8.29. The number of nitrogens with one attached hydrogen (secondary N) is 3. The van der Waals surface area contributed by atoms with Gasteiger partial charge in [-0.3, -0.25) is 15.3 Å². The molecule has 2 aliphatic carbocycles. The van der Waals surface area contributed by atoms with Crippen LogP contribution >= 0.6 is 11.6 Å². The van der Waals surface area contributed by atoms with Crippen LogP contribution in [0.15, 0.2) is 36.1 Å². The molecule has 1 aromatic heterocycles. The number of aromatic amines is 1. The molecule has 3 N–H and O–H groups in total. The molecule has 2 amide bonds. The summed E-state index contributed by atoms with van der Waals surface area (Å²) >= 11 is 5.69. The molecule has 33 heavy (non-hydrogen) atoms. The van der Waals surface area contributed by atoms with Gasteiger partial charge in [0, 0.05) is 25.1 Å². The van der Waals surface area contributed by atoms with E-state index < -0.39 is 6.03 Å². The molecule has 10 heteroatoms. The number of ether oxygens (including phenoxy) is 2. The normalized spacial score (nSPS) is 17.7. The first-order chi connectivity index (χ1) is 16.2. The molecular formula is C23H24ClN5O4. The number of nitrogens with zero attached hydrogens (tertiary/aromatic N) is 2. The predicted molar refractivity (Wildman–Crippen MR) is 124 cm³/mol. The van der Waals surface area contributed by atoms with Crippen LogP contribution in [0.1, 0.15) is 34.5 Å². The maximum atomic E-state index is 13.5. The minimum atomic E-state index is -0.392. The molecule has 2 aromatic rings. The third-order valence-corrected chi connectivity index (χ3v) is 6.01. The van der Waals surface area contributed by atoms with Crippen molar-refractivity contribution in [2.45, 2.75) is 12.8 Å². The van der Waals surface area contributed by atoms with Crippen LogP contribution in [0.3, 0.4) is 0 Å². The third-order valence-electron chi connectivity index (χ3n) is 5.85. The van der Waals surface area contributed by atoms with Gasteiger partial charge in [-0.1, -0.05) is 18.2 Å². The Kier molecular flexibility index (Phi) is 6.17. The highest BCUT2D eigenvalue weighted by atomic mass is 35.5. The Balaban J connectivity index is 1.37. The number of hydrazine groups is 1. The number of alkyl halides is 1. The first kappa shape index (κ1) is 21.7. The van der Waals surface area contributed by atoms with Gasteiger partial charge < -0.3 is 14.8 Å². The van der Waals surface area contributed by atoms with Crippen LogP contribution in [0.2, 0.25) is 0 Å². The van der Waals surface area contributed by atoms with Gasteiger partial charge in [-0.2, -0.15) is 5.10 Å². The molecule has 9 nitrogen and oxygen atoms in total. The zero-order valence-corrected chi connectivity index (χ0v) is 18.7. The SMILES string of the molecule is O=C(Nc1cccc2c1C(=O)c1c(C3=CC=C(OCCCl)CC3)n[nH]c1-2)NN1CCOCC1. The topological polar surface area (TPSA) is 109 Å². The third kappa shape index (κ3) is 4.27. The smallest absolute Gasteiger partial charge is 0.333 e. The molecule has 1 aromatic carbocycles. The average molecular weight is 470 g/mol. The van der Waals surface area contributed by atoms with Crippen molar-refractivity contribution in [3.63, 3.8) is 0 Å². The highest BCUT2D eigenvalue weighted by Crippen LogP contribution is 2.43. The number of allylic oxidation sites excluding steroid dienone is 4. The fourth-order valence-electron chi connectivity index (χ4n) is 4.30. The molecular weight excluding hydrogens is 446 g/mol. The van der Waals surface area contributed by atoms with E-state index in [1.165, 1.54) is 0 Å². The van der Waals surface area contributed by atoms with Crippen LogP contribution in [0, 0.1) is 0 Å². The van der Waals surface area contributed by atoms with E-state index in [0.29, 0.717) is 73.4 Å². The Bertz CT molecular complexity index is 1150. The van der Waals surface area contributed by atoms with Gasteiger partial charge in [0.1, 0.15) is 6.61 Å². The van der Waals surface area contributed by atoms with Gasteiger partial charge in [-0.25, -0.2) is 9.80 Å². The maximum Gasteiger partial charge on any atom is 0.333 e. The van der Waals surface area contributed by atoms with Crippen LogP contribution < -0.4 is 10.7 Å². The first-order valence-electron chi connectivity index (χ1n) is 10.9. The molecule has 2 heterocycles. The lowest BCUT2D eigenvalue weighted by Crippen LogP contribution is -2.49. The number of ketones is 1. The van der Waals surface area contributed by atoms with Crippen molar-refractivity contribution < 1.29 is 19.1 Å². The quantitative estimate of drug-likeness (QED) is 0.478. The Morgan fingerprint density at radius 1 is 1.21 bits per heavy atom. The minimum absolute atomic E-state index is 0.153. The number of hydrogen-bond donors (Lipinski definition) is 3. The zero-order valence-electron chi connectivity index (χ0n) is 17.9. The van der Waals surface area contributed by atoms with E-state index in [-0.39, 0.29) is 5.78 Å². The number of aromatic nitrogens is 2. The molecule has 1 fully saturated rings. The predicted octanol–water partition coefficient (Wildman–Crippen LogP) is 3.31. The van der Waals surface area contributed by atoms with E-state index in [4.69, 9.17) is 21.1 Å². The number of rotatable bonds is 6. The van der Waals surface area contributed by atoms with E-state index in [9.17, 15) is 9.59 Å².